The maximum atomic E-state index is 13.0. The second-order valence-corrected chi connectivity index (χ2v) is 8.44. The highest BCUT2D eigenvalue weighted by Gasteiger charge is 2.54. The Morgan fingerprint density at radius 2 is 1.74 bits per heavy atom. The minimum absolute atomic E-state index is 0.0115. The maximum absolute atomic E-state index is 13.0. The highest BCUT2D eigenvalue weighted by atomic mass is 16.6. The number of esters is 1. The summed E-state index contributed by atoms with van der Waals surface area (Å²) in [6.07, 6.45) is 8.44. The van der Waals surface area contributed by atoms with Gasteiger partial charge in [-0.15, -0.1) is 0 Å². The van der Waals surface area contributed by atoms with Crippen molar-refractivity contribution in [3.63, 3.8) is 0 Å². The molecule has 1 amide bonds. The Morgan fingerprint density at radius 3 is 2.37 bits per heavy atom. The van der Waals surface area contributed by atoms with Crippen LogP contribution < -0.4 is 10.1 Å². The molecule has 1 saturated heterocycles. The van der Waals surface area contributed by atoms with Crippen LogP contribution >= 0.6 is 0 Å². The molecule has 1 unspecified atom stereocenters. The zero-order valence-electron chi connectivity index (χ0n) is 16.1. The van der Waals surface area contributed by atoms with Gasteiger partial charge in [0.25, 0.3) is 0 Å². The summed E-state index contributed by atoms with van der Waals surface area (Å²) in [7, 11) is 1.67. The summed E-state index contributed by atoms with van der Waals surface area (Å²) < 4.78 is 10.9. The van der Waals surface area contributed by atoms with Gasteiger partial charge in [-0.05, 0) is 56.2 Å². The van der Waals surface area contributed by atoms with E-state index in [2.05, 4.69) is 17.4 Å². The molecule has 3 aliphatic rings. The van der Waals surface area contributed by atoms with Crippen LogP contribution in [0.3, 0.4) is 0 Å². The van der Waals surface area contributed by atoms with Crippen LogP contribution in [0.25, 0.3) is 0 Å². The zero-order chi connectivity index (χ0) is 18.9. The third-order valence-electron chi connectivity index (χ3n) is 6.95. The number of nitrogens with one attached hydrogen (secondary N) is 1. The number of ether oxygens (including phenoxy) is 2. The van der Waals surface area contributed by atoms with Crippen LogP contribution in [-0.2, 0) is 19.7 Å². The molecule has 5 heteroatoms. The topological polar surface area (TPSA) is 64.6 Å². The number of carbonyl (C=O) groups is 2. The Balaban J connectivity index is 1.48. The quantitative estimate of drug-likeness (QED) is 0.805. The van der Waals surface area contributed by atoms with Crippen molar-refractivity contribution in [2.45, 2.75) is 68.8 Å². The number of amides is 1. The van der Waals surface area contributed by atoms with Crippen molar-refractivity contribution in [1.29, 1.82) is 0 Å². The molecule has 3 fully saturated rings. The van der Waals surface area contributed by atoms with Gasteiger partial charge in [0.15, 0.2) is 0 Å². The molecular formula is C22H29NO4. The average Bonchev–Trinajstić information content (AvgIpc) is 3.42. The molecule has 1 spiro atoms. The fourth-order valence-corrected chi connectivity index (χ4v) is 5.39. The number of methoxy groups -OCH3 is 1. The van der Waals surface area contributed by atoms with E-state index in [-0.39, 0.29) is 29.6 Å². The van der Waals surface area contributed by atoms with Crippen LogP contribution in [0.1, 0.15) is 63.4 Å². The van der Waals surface area contributed by atoms with Crippen LogP contribution in [0, 0.1) is 5.92 Å². The van der Waals surface area contributed by atoms with Gasteiger partial charge in [0.1, 0.15) is 11.4 Å². The molecule has 2 aliphatic carbocycles. The van der Waals surface area contributed by atoms with E-state index in [1.807, 2.05) is 12.1 Å². The number of hydrogen-bond donors (Lipinski definition) is 1. The third-order valence-corrected chi connectivity index (χ3v) is 6.95. The lowest BCUT2D eigenvalue weighted by Crippen LogP contribution is -2.46. The highest BCUT2D eigenvalue weighted by Crippen LogP contribution is 2.46. The highest BCUT2D eigenvalue weighted by molar-refractivity contribution is 5.88. The minimum atomic E-state index is -0.538. The second kappa shape index (κ2) is 7.17. The first kappa shape index (κ1) is 18.3. The Bertz CT molecular complexity index is 700. The first-order chi connectivity index (χ1) is 13.1. The second-order valence-electron chi connectivity index (χ2n) is 8.44. The van der Waals surface area contributed by atoms with Crippen molar-refractivity contribution in [3.05, 3.63) is 29.8 Å². The van der Waals surface area contributed by atoms with Gasteiger partial charge < -0.3 is 14.8 Å². The van der Waals surface area contributed by atoms with E-state index >= 15 is 0 Å². The Hall–Kier alpha value is -2.04. The van der Waals surface area contributed by atoms with Crippen LogP contribution in [0.15, 0.2) is 24.3 Å². The lowest BCUT2D eigenvalue weighted by molar-refractivity contribution is -0.150. The summed E-state index contributed by atoms with van der Waals surface area (Å²) in [5, 5.41) is 3.20. The number of benzene rings is 1. The predicted octanol–water partition coefficient (Wildman–Crippen LogP) is 3.50. The van der Waals surface area contributed by atoms with E-state index in [0.29, 0.717) is 6.54 Å². The Kier molecular flexibility index (Phi) is 4.87. The molecule has 2 saturated carbocycles. The van der Waals surface area contributed by atoms with Gasteiger partial charge in [-0.2, -0.15) is 0 Å². The van der Waals surface area contributed by atoms with Crippen molar-refractivity contribution in [2.24, 2.45) is 5.92 Å². The largest absolute Gasteiger partial charge is 0.497 e. The van der Waals surface area contributed by atoms with E-state index < -0.39 is 5.60 Å². The Labute approximate surface area is 160 Å². The van der Waals surface area contributed by atoms with Gasteiger partial charge in [-0.3, -0.25) is 9.59 Å². The zero-order valence-corrected chi connectivity index (χ0v) is 16.1. The van der Waals surface area contributed by atoms with Crippen LogP contribution in [0.2, 0.25) is 0 Å². The van der Waals surface area contributed by atoms with Crippen molar-refractivity contribution < 1.29 is 19.1 Å². The molecule has 1 aliphatic heterocycles. The number of rotatable bonds is 5. The molecule has 1 N–H and O–H groups in total. The standard InChI is InChI=1S/C22H29NO4/c1-26-17-8-6-16(7-9-17)21(10-2-3-11-21)15-23-20(25)18-14-19(24)27-22(18)12-4-5-13-22/h6-9,18H,2-5,10-15H2,1H3,(H,23,25). The van der Waals surface area contributed by atoms with Crippen molar-refractivity contribution >= 4 is 11.9 Å². The van der Waals surface area contributed by atoms with Crippen molar-refractivity contribution in [3.8, 4) is 5.75 Å². The van der Waals surface area contributed by atoms with E-state index in [0.717, 1.165) is 44.3 Å². The van der Waals surface area contributed by atoms with E-state index in [1.54, 1.807) is 7.11 Å². The summed E-state index contributed by atoms with van der Waals surface area (Å²) in [5.74, 6) is 0.285. The molecule has 5 nitrogen and oxygen atoms in total. The summed E-state index contributed by atoms with van der Waals surface area (Å²) >= 11 is 0. The smallest absolute Gasteiger partial charge is 0.307 e. The van der Waals surface area contributed by atoms with Crippen molar-refractivity contribution in [2.75, 3.05) is 13.7 Å². The molecule has 0 aromatic heterocycles. The van der Waals surface area contributed by atoms with E-state index in [4.69, 9.17) is 9.47 Å². The summed E-state index contributed by atoms with van der Waals surface area (Å²) in [6.45, 7) is 0.624. The molecule has 27 heavy (non-hydrogen) atoms. The fraction of sp³-hybridized carbons (Fsp3) is 0.636. The minimum Gasteiger partial charge on any atom is -0.497 e. The van der Waals surface area contributed by atoms with E-state index in [1.165, 1.54) is 18.4 Å². The first-order valence-corrected chi connectivity index (χ1v) is 10.2. The van der Waals surface area contributed by atoms with Gasteiger partial charge in [0, 0.05) is 12.0 Å². The van der Waals surface area contributed by atoms with Gasteiger partial charge in [0.2, 0.25) is 5.91 Å². The molecule has 0 bridgehead atoms. The molecule has 0 radical (unpaired) electrons. The lowest BCUT2D eigenvalue weighted by atomic mass is 9.78. The summed E-state index contributed by atoms with van der Waals surface area (Å²) in [4.78, 5) is 24.9. The first-order valence-electron chi connectivity index (χ1n) is 10.2. The van der Waals surface area contributed by atoms with Crippen LogP contribution in [0.5, 0.6) is 5.75 Å². The normalized spacial score (nSPS) is 25.5. The van der Waals surface area contributed by atoms with Crippen LogP contribution in [-0.4, -0.2) is 31.1 Å². The van der Waals surface area contributed by atoms with Gasteiger partial charge >= 0.3 is 5.97 Å². The molecule has 1 atom stereocenters. The van der Waals surface area contributed by atoms with Gasteiger partial charge in [-0.1, -0.05) is 25.0 Å². The summed E-state index contributed by atoms with van der Waals surface area (Å²) in [5.41, 5.74) is 0.702. The number of carbonyl (C=O) groups excluding carboxylic acids is 2. The molecule has 4 rings (SSSR count). The van der Waals surface area contributed by atoms with Crippen molar-refractivity contribution in [1.82, 2.24) is 5.32 Å². The average molecular weight is 371 g/mol. The summed E-state index contributed by atoms with van der Waals surface area (Å²) in [6, 6.07) is 8.23. The molecule has 1 heterocycles. The van der Waals surface area contributed by atoms with Crippen LogP contribution in [0.4, 0.5) is 0 Å². The lowest BCUT2D eigenvalue weighted by Gasteiger charge is -2.32. The monoisotopic (exact) mass is 371 g/mol. The SMILES string of the molecule is COc1ccc(C2(CNC(=O)C3CC(=O)OC34CCCC4)CCCC2)cc1. The number of hydrogen-bond acceptors (Lipinski definition) is 4. The molecule has 1 aromatic carbocycles. The molecule has 1 aromatic rings. The Morgan fingerprint density at radius 1 is 1.11 bits per heavy atom. The van der Waals surface area contributed by atoms with Gasteiger partial charge in [-0.25, -0.2) is 0 Å². The molecular weight excluding hydrogens is 342 g/mol. The maximum Gasteiger partial charge on any atom is 0.307 e. The van der Waals surface area contributed by atoms with E-state index in [9.17, 15) is 9.59 Å². The van der Waals surface area contributed by atoms with Gasteiger partial charge in [0.05, 0.1) is 19.4 Å². The third kappa shape index (κ3) is 3.32. The molecule has 146 valence electrons. The predicted molar refractivity (Wildman–Crippen MR) is 102 cm³/mol. The fourth-order valence-electron chi connectivity index (χ4n) is 5.39.